The SMILES string of the molecule is COc1ccc(C(O)C(C)NC(=O)CCc2ccccc2F)cc1. The number of nitrogens with one attached hydrogen (secondary N) is 1. The van der Waals surface area contributed by atoms with Gasteiger partial charge < -0.3 is 15.2 Å². The molecule has 2 aromatic rings. The van der Waals surface area contributed by atoms with Crippen molar-refractivity contribution in [2.45, 2.75) is 31.9 Å². The van der Waals surface area contributed by atoms with Gasteiger partial charge in [-0.05, 0) is 42.7 Å². The van der Waals surface area contributed by atoms with Gasteiger partial charge in [0.15, 0.2) is 0 Å². The second-order valence-corrected chi connectivity index (χ2v) is 5.67. The van der Waals surface area contributed by atoms with Crippen molar-refractivity contribution in [2.24, 2.45) is 0 Å². The van der Waals surface area contributed by atoms with Crippen molar-refractivity contribution >= 4 is 5.91 Å². The zero-order valence-corrected chi connectivity index (χ0v) is 13.8. The Morgan fingerprint density at radius 2 is 1.88 bits per heavy atom. The number of benzene rings is 2. The maximum Gasteiger partial charge on any atom is 0.220 e. The fraction of sp³-hybridized carbons (Fsp3) is 0.316. The predicted octanol–water partition coefficient (Wildman–Crippen LogP) is 3.01. The largest absolute Gasteiger partial charge is 0.497 e. The number of aliphatic hydroxyl groups excluding tert-OH is 1. The number of hydrogen-bond donors (Lipinski definition) is 2. The summed E-state index contributed by atoms with van der Waals surface area (Å²) < 4.78 is 18.6. The maximum atomic E-state index is 13.5. The highest BCUT2D eigenvalue weighted by molar-refractivity contribution is 5.76. The molecule has 0 aliphatic heterocycles. The number of hydrogen-bond acceptors (Lipinski definition) is 3. The molecule has 2 atom stereocenters. The molecule has 0 fully saturated rings. The minimum Gasteiger partial charge on any atom is -0.497 e. The standard InChI is InChI=1S/C19H22FNO3/c1-13(19(23)15-7-10-16(24-2)11-8-15)21-18(22)12-9-14-5-3-4-6-17(14)20/h3-8,10-11,13,19,23H,9,12H2,1-2H3,(H,21,22). The van der Waals surface area contributed by atoms with E-state index in [9.17, 15) is 14.3 Å². The van der Waals surface area contributed by atoms with Gasteiger partial charge in [0.2, 0.25) is 5.91 Å². The monoisotopic (exact) mass is 331 g/mol. The molecule has 4 nitrogen and oxygen atoms in total. The quantitative estimate of drug-likeness (QED) is 0.820. The maximum absolute atomic E-state index is 13.5. The summed E-state index contributed by atoms with van der Waals surface area (Å²) in [6.07, 6.45) is -0.335. The van der Waals surface area contributed by atoms with Gasteiger partial charge in [0.25, 0.3) is 0 Å². The van der Waals surface area contributed by atoms with Gasteiger partial charge in [-0.2, -0.15) is 0 Å². The topological polar surface area (TPSA) is 58.6 Å². The number of methoxy groups -OCH3 is 1. The van der Waals surface area contributed by atoms with E-state index < -0.39 is 12.1 Å². The minimum absolute atomic E-state index is 0.167. The van der Waals surface area contributed by atoms with Crippen molar-refractivity contribution in [2.75, 3.05) is 7.11 Å². The van der Waals surface area contributed by atoms with E-state index in [1.165, 1.54) is 6.07 Å². The molecule has 5 heteroatoms. The number of amides is 1. The second-order valence-electron chi connectivity index (χ2n) is 5.67. The van der Waals surface area contributed by atoms with E-state index in [1.807, 2.05) is 0 Å². The second kappa shape index (κ2) is 8.45. The third kappa shape index (κ3) is 4.80. The Hall–Kier alpha value is -2.40. The molecule has 128 valence electrons. The Morgan fingerprint density at radius 3 is 2.50 bits per heavy atom. The van der Waals surface area contributed by atoms with Crippen LogP contribution in [0.4, 0.5) is 4.39 Å². The summed E-state index contributed by atoms with van der Waals surface area (Å²) >= 11 is 0. The lowest BCUT2D eigenvalue weighted by atomic mass is 10.0. The first-order chi connectivity index (χ1) is 11.5. The summed E-state index contributed by atoms with van der Waals surface area (Å²) in [6.45, 7) is 1.73. The summed E-state index contributed by atoms with van der Waals surface area (Å²) in [5, 5.41) is 13.1. The van der Waals surface area contributed by atoms with Crippen LogP contribution in [0.3, 0.4) is 0 Å². The zero-order valence-electron chi connectivity index (χ0n) is 13.8. The fourth-order valence-electron chi connectivity index (χ4n) is 2.44. The highest BCUT2D eigenvalue weighted by Crippen LogP contribution is 2.20. The van der Waals surface area contributed by atoms with Crippen LogP contribution < -0.4 is 10.1 Å². The molecule has 2 rings (SSSR count). The van der Waals surface area contributed by atoms with Crippen LogP contribution in [0.5, 0.6) is 5.75 Å². The number of carbonyl (C=O) groups excluding carboxylic acids is 1. The molecular weight excluding hydrogens is 309 g/mol. The summed E-state index contributed by atoms with van der Waals surface area (Å²) in [6, 6.07) is 13.0. The summed E-state index contributed by atoms with van der Waals surface area (Å²) in [4.78, 5) is 12.0. The van der Waals surface area contributed by atoms with Crippen LogP contribution in [0, 0.1) is 5.82 Å². The van der Waals surface area contributed by atoms with Crippen LogP contribution >= 0.6 is 0 Å². The van der Waals surface area contributed by atoms with E-state index in [4.69, 9.17) is 4.74 Å². The third-order valence-electron chi connectivity index (χ3n) is 3.90. The summed E-state index contributed by atoms with van der Waals surface area (Å²) in [5.74, 6) is 0.169. The lowest BCUT2D eigenvalue weighted by Crippen LogP contribution is -2.37. The molecule has 1 amide bonds. The van der Waals surface area contributed by atoms with Crippen molar-refractivity contribution in [3.63, 3.8) is 0 Å². The molecule has 0 aromatic heterocycles. The molecule has 2 N–H and O–H groups in total. The molecule has 24 heavy (non-hydrogen) atoms. The number of aliphatic hydroxyl groups is 1. The molecule has 0 heterocycles. The van der Waals surface area contributed by atoms with Crippen LogP contribution in [0.25, 0.3) is 0 Å². The molecule has 2 aromatic carbocycles. The molecular formula is C19H22FNO3. The number of carbonyl (C=O) groups is 1. The van der Waals surface area contributed by atoms with E-state index in [2.05, 4.69) is 5.32 Å². The highest BCUT2D eigenvalue weighted by atomic mass is 19.1. The van der Waals surface area contributed by atoms with Gasteiger partial charge in [-0.25, -0.2) is 4.39 Å². The van der Waals surface area contributed by atoms with Crippen molar-refractivity contribution in [3.8, 4) is 5.75 Å². The average molecular weight is 331 g/mol. The van der Waals surface area contributed by atoms with Crippen LogP contribution in [-0.4, -0.2) is 24.2 Å². The Balaban J connectivity index is 1.87. The third-order valence-corrected chi connectivity index (χ3v) is 3.90. The molecule has 0 aliphatic rings. The Morgan fingerprint density at radius 1 is 1.21 bits per heavy atom. The highest BCUT2D eigenvalue weighted by Gasteiger charge is 2.18. The lowest BCUT2D eigenvalue weighted by molar-refractivity contribution is -0.122. The van der Waals surface area contributed by atoms with Crippen molar-refractivity contribution < 1.29 is 19.0 Å². The van der Waals surface area contributed by atoms with E-state index >= 15 is 0 Å². The lowest BCUT2D eigenvalue weighted by Gasteiger charge is -2.21. The molecule has 2 unspecified atom stereocenters. The average Bonchev–Trinajstić information content (AvgIpc) is 2.60. The molecule has 0 saturated heterocycles. The zero-order chi connectivity index (χ0) is 17.5. The van der Waals surface area contributed by atoms with E-state index in [0.29, 0.717) is 23.3 Å². The van der Waals surface area contributed by atoms with Crippen LogP contribution in [0.15, 0.2) is 48.5 Å². The smallest absolute Gasteiger partial charge is 0.220 e. The van der Waals surface area contributed by atoms with Gasteiger partial charge in [-0.15, -0.1) is 0 Å². The van der Waals surface area contributed by atoms with Crippen molar-refractivity contribution in [1.82, 2.24) is 5.32 Å². The van der Waals surface area contributed by atoms with Gasteiger partial charge in [-0.3, -0.25) is 4.79 Å². The first kappa shape index (κ1) is 17.9. The van der Waals surface area contributed by atoms with E-state index in [1.54, 1.807) is 56.5 Å². The van der Waals surface area contributed by atoms with Crippen molar-refractivity contribution in [3.05, 3.63) is 65.5 Å². The Labute approximate surface area is 141 Å². The number of ether oxygens (including phenoxy) is 1. The molecule has 0 radical (unpaired) electrons. The first-order valence-corrected chi connectivity index (χ1v) is 7.86. The van der Waals surface area contributed by atoms with E-state index in [0.717, 1.165) is 0 Å². The number of halogens is 1. The molecule has 0 spiro atoms. The van der Waals surface area contributed by atoms with Gasteiger partial charge in [0.1, 0.15) is 11.6 Å². The van der Waals surface area contributed by atoms with Gasteiger partial charge in [0.05, 0.1) is 19.3 Å². The van der Waals surface area contributed by atoms with Gasteiger partial charge >= 0.3 is 0 Å². The first-order valence-electron chi connectivity index (χ1n) is 7.86. The van der Waals surface area contributed by atoms with Gasteiger partial charge in [0, 0.05) is 6.42 Å². The normalized spacial score (nSPS) is 13.2. The van der Waals surface area contributed by atoms with Gasteiger partial charge in [-0.1, -0.05) is 30.3 Å². The Bertz CT molecular complexity index is 673. The van der Waals surface area contributed by atoms with Crippen molar-refractivity contribution in [1.29, 1.82) is 0 Å². The summed E-state index contributed by atoms with van der Waals surface area (Å²) in [7, 11) is 1.57. The fourth-order valence-corrected chi connectivity index (χ4v) is 2.44. The number of aryl methyl sites for hydroxylation is 1. The van der Waals surface area contributed by atoms with Crippen LogP contribution in [-0.2, 0) is 11.2 Å². The van der Waals surface area contributed by atoms with Crippen LogP contribution in [0.2, 0.25) is 0 Å². The summed E-state index contributed by atoms with van der Waals surface area (Å²) in [5.41, 5.74) is 1.20. The molecule has 0 bridgehead atoms. The number of rotatable bonds is 7. The van der Waals surface area contributed by atoms with Crippen LogP contribution in [0.1, 0.15) is 30.6 Å². The molecule has 0 saturated carbocycles. The predicted molar refractivity (Wildman–Crippen MR) is 90.3 cm³/mol. The Kier molecular flexibility index (Phi) is 6.32. The molecule has 0 aliphatic carbocycles. The van der Waals surface area contributed by atoms with E-state index in [-0.39, 0.29) is 18.1 Å². The minimum atomic E-state index is -0.826.